The van der Waals surface area contributed by atoms with Gasteiger partial charge in [-0.3, -0.25) is 4.79 Å². The molecule has 0 radical (unpaired) electrons. The Balaban J connectivity index is 1.96. The number of esters is 1. The number of aromatic nitrogens is 3. The van der Waals surface area contributed by atoms with Crippen LogP contribution in [0.2, 0.25) is 0 Å². The van der Waals surface area contributed by atoms with Crippen molar-refractivity contribution in [1.82, 2.24) is 19.9 Å². The molecular formula is C23H26N4O5. The van der Waals surface area contributed by atoms with Crippen LogP contribution in [0.4, 0.5) is 0 Å². The molecule has 1 atom stereocenters. The molecule has 9 nitrogen and oxygen atoms in total. The summed E-state index contributed by atoms with van der Waals surface area (Å²) in [6, 6.07) is 7.81. The standard InChI is InChI=1S/C23H26N4O5/c1-6-32-23(29)18-7-8-19(25-14(18)2)22(28)26-20(21-24-9-10-27(21)3)15-11-16(30-4)13-17(12-15)31-5/h7-13,20H,6H2,1-5H3,(H,26,28). The minimum Gasteiger partial charge on any atom is -0.497 e. The van der Waals surface area contributed by atoms with Gasteiger partial charge in [0.25, 0.3) is 5.91 Å². The van der Waals surface area contributed by atoms with Crippen LogP contribution >= 0.6 is 0 Å². The van der Waals surface area contributed by atoms with Crippen molar-refractivity contribution in [2.45, 2.75) is 19.9 Å². The van der Waals surface area contributed by atoms with Crippen molar-refractivity contribution in [1.29, 1.82) is 0 Å². The second-order valence-electron chi connectivity index (χ2n) is 7.00. The first-order valence-electron chi connectivity index (χ1n) is 10.0. The summed E-state index contributed by atoms with van der Waals surface area (Å²) >= 11 is 0. The maximum atomic E-state index is 13.1. The molecule has 2 heterocycles. The average molecular weight is 438 g/mol. The van der Waals surface area contributed by atoms with Crippen molar-refractivity contribution in [3.05, 3.63) is 71.1 Å². The molecule has 0 aliphatic rings. The minimum atomic E-state index is -0.599. The van der Waals surface area contributed by atoms with Crippen molar-refractivity contribution in [2.24, 2.45) is 7.05 Å². The van der Waals surface area contributed by atoms with E-state index in [-0.39, 0.29) is 12.3 Å². The fourth-order valence-electron chi connectivity index (χ4n) is 3.27. The van der Waals surface area contributed by atoms with Gasteiger partial charge in [-0.15, -0.1) is 0 Å². The summed E-state index contributed by atoms with van der Waals surface area (Å²) in [5.41, 5.74) is 1.63. The van der Waals surface area contributed by atoms with Gasteiger partial charge in [0.15, 0.2) is 0 Å². The number of methoxy groups -OCH3 is 2. The van der Waals surface area contributed by atoms with Crippen LogP contribution in [0, 0.1) is 6.92 Å². The van der Waals surface area contributed by atoms with Crippen LogP contribution in [-0.4, -0.2) is 47.2 Å². The number of nitrogens with zero attached hydrogens (tertiary/aromatic N) is 3. The molecule has 0 aliphatic carbocycles. The van der Waals surface area contributed by atoms with Gasteiger partial charge in [-0.2, -0.15) is 0 Å². The molecule has 3 rings (SSSR count). The van der Waals surface area contributed by atoms with Gasteiger partial charge in [0.05, 0.1) is 32.1 Å². The smallest absolute Gasteiger partial charge is 0.339 e. The van der Waals surface area contributed by atoms with Gasteiger partial charge in [0.1, 0.15) is 29.1 Å². The normalized spacial score (nSPS) is 11.5. The van der Waals surface area contributed by atoms with Crippen molar-refractivity contribution < 1.29 is 23.8 Å². The van der Waals surface area contributed by atoms with Crippen molar-refractivity contribution in [2.75, 3.05) is 20.8 Å². The molecule has 0 saturated heterocycles. The Hall–Kier alpha value is -3.88. The lowest BCUT2D eigenvalue weighted by atomic mass is 10.0. The second-order valence-corrected chi connectivity index (χ2v) is 7.00. The molecule has 0 aliphatic heterocycles. The Kier molecular flexibility index (Phi) is 7.09. The van der Waals surface area contributed by atoms with Crippen LogP contribution in [-0.2, 0) is 11.8 Å². The average Bonchev–Trinajstić information content (AvgIpc) is 3.22. The highest BCUT2D eigenvalue weighted by molar-refractivity contribution is 5.95. The number of rotatable bonds is 8. The van der Waals surface area contributed by atoms with Gasteiger partial charge in [-0.25, -0.2) is 14.8 Å². The summed E-state index contributed by atoms with van der Waals surface area (Å²) in [6.07, 6.45) is 3.45. The summed E-state index contributed by atoms with van der Waals surface area (Å²) in [5, 5.41) is 2.98. The number of carbonyl (C=O) groups is 2. The van der Waals surface area contributed by atoms with E-state index in [0.717, 1.165) is 5.56 Å². The van der Waals surface area contributed by atoms with Crippen LogP contribution in [0.15, 0.2) is 42.7 Å². The summed E-state index contributed by atoms with van der Waals surface area (Å²) < 4.78 is 17.6. The first kappa shape index (κ1) is 22.8. The molecule has 1 unspecified atom stereocenters. The summed E-state index contributed by atoms with van der Waals surface area (Å²) in [7, 11) is 4.96. The van der Waals surface area contributed by atoms with Gasteiger partial charge in [0, 0.05) is 25.5 Å². The third-order valence-electron chi connectivity index (χ3n) is 4.91. The van der Waals surface area contributed by atoms with E-state index in [2.05, 4.69) is 15.3 Å². The fourth-order valence-corrected chi connectivity index (χ4v) is 3.27. The number of aryl methyl sites for hydroxylation is 2. The molecule has 32 heavy (non-hydrogen) atoms. The van der Waals surface area contributed by atoms with Gasteiger partial charge >= 0.3 is 5.97 Å². The van der Waals surface area contributed by atoms with E-state index in [9.17, 15) is 9.59 Å². The lowest BCUT2D eigenvalue weighted by Gasteiger charge is -2.20. The van der Waals surface area contributed by atoms with Crippen LogP contribution in [0.25, 0.3) is 0 Å². The van der Waals surface area contributed by atoms with E-state index in [1.165, 1.54) is 6.07 Å². The van der Waals surface area contributed by atoms with E-state index >= 15 is 0 Å². The zero-order valence-corrected chi connectivity index (χ0v) is 18.7. The SMILES string of the molecule is CCOC(=O)c1ccc(C(=O)NC(c2cc(OC)cc(OC)c2)c2nccn2C)nc1C. The quantitative estimate of drug-likeness (QED) is 0.539. The van der Waals surface area contributed by atoms with Crippen molar-refractivity contribution in [3.63, 3.8) is 0 Å². The molecule has 1 aromatic carbocycles. The fraction of sp³-hybridized carbons (Fsp3) is 0.304. The summed E-state index contributed by atoms with van der Waals surface area (Å²) in [6.45, 7) is 3.65. The topological polar surface area (TPSA) is 105 Å². The molecule has 0 spiro atoms. The minimum absolute atomic E-state index is 0.171. The number of hydrogen-bond acceptors (Lipinski definition) is 7. The van der Waals surface area contributed by atoms with Gasteiger partial charge in [-0.1, -0.05) is 0 Å². The first-order chi connectivity index (χ1) is 15.4. The number of pyridine rings is 1. The lowest BCUT2D eigenvalue weighted by Crippen LogP contribution is -2.32. The highest BCUT2D eigenvalue weighted by Crippen LogP contribution is 2.29. The summed E-state index contributed by atoms with van der Waals surface area (Å²) in [5.74, 6) is 0.895. The van der Waals surface area contributed by atoms with Crippen molar-refractivity contribution in [3.8, 4) is 11.5 Å². The van der Waals surface area contributed by atoms with E-state index < -0.39 is 17.9 Å². The highest BCUT2D eigenvalue weighted by atomic mass is 16.5. The Morgan fingerprint density at radius 3 is 2.34 bits per heavy atom. The van der Waals surface area contributed by atoms with E-state index in [4.69, 9.17) is 14.2 Å². The van der Waals surface area contributed by atoms with Gasteiger partial charge < -0.3 is 24.1 Å². The Morgan fingerprint density at radius 2 is 1.81 bits per heavy atom. The number of nitrogens with one attached hydrogen (secondary N) is 1. The first-order valence-corrected chi connectivity index (χ1v) is 10.0. The van der Waals surface area contributed by atoms with E-state index in [0.29, 0.717) is 28.6 Å². The number of amides is 1. The van der Waals surface area contributed by atoms with E-state index in [1.54, 1.807) is 52.6 Å². The number of benzene rings is 1. The van der Waals surface area contributed by atoms with Crippen molar-refractivity contribution >= 4 is 11.9 Å². The van der Waals surface area contributed by atoms with Crippen LogP contribution < -0.4 is 14.8 Å². The number of ether oxygens (including phenoxy) is 3. The molecule has 0 bridgehead atoms. The third kappa shape index (κ3) is 4.88. The molecule has 0 saturated carbocycles. The number of carbonyl (C=O) groups excluding carboxylic acids is 2. The lowest BCUT2D eigenvalue weighted by molar-refractivity contribution is 0.0524. The predicted octanol–water partition coefficient (Wildman–Crippen LogP) is 2.84. The molecule has 3 aromatic rings. The largest absolute Gasteiger partial charge is 0.497 e. The van der Waals surface area contributed by atoms with Gasteiger partial charge in [0.2, 0.25) is 0 Å². The molecule has 9 heteroatoms. The molecule has 1 amide bonds. The maximum Gasteiger partial charge on any atom is 0.339 e. The van der Waals surface area contributed by atoms with Crippen LogP contribution in [0.1, 0.15) is 50.9 Å². The Labute approximate surface area is 186 Å². The molecule has 2 aromatic heterocycles. The highest BCUT2D eigenvalue weighted by Gasteiger charge is 2.24. The monoisotopic (exact) mass is 438 g/mol. The Morgan fingerprint density at radius 1 is 1.12 bits per heavy atom. The molecule has 0 fully saturated rings. The van der Waals surface area contributed by atoms with Crippen LogP contribution in [0.3, 0.4) is 0 Å². The zero-order valence-electron chi connectivity index (χ0n) is 18.7. The molecular weight excluding hydrogens is 412 g/mol. The molecule has 1 N–H and O–H groups in total. The maximum absolute atomic E-state index is 13.1. The predicted molar refractivity (Wildman–Crippen MR) is 117 cm³/mol. The second kappa shape index (κ2) is 9.95. The third-order valence-corrected chi connectivity index (χ3v) is 4.91. The van der Waals surface area contributed by atoms with E-state index in [1.807, 2.05) is 23.7 Å². The number of imidazole rings is 1. The Bertz CT molecular complexity index is 1100. The summed E-state index contributed by atoms with van der Waals surface area (Å²) in [4.78, 5) is 33.9. The molecule has 168 valence electrons. The van der Waals surface area contributed by atoms with Gasteiger partial charge in [-0.05, 0) is 43.7 Å². The number of hydrogen-bond donors (Lipinski definition) is 1. The zero-order chi connectivity index (χ0) is 23.3. The van der Waals surface area contributed by atoms with Crippen LogP contribution in [0.5, 0.6) is 11.5 Å².